The van der Waals surface area contributed by atoms with Gasteiger partial charge in [-0.15, -0.1) is 0 Å². The first-order valence-corrected chi connectivity index (χ1v) is 5.26. The smallest absolute Gasteiger partial charge is 0.371 e. The van der Waals surface area contributed by atoms with Crippen molar-refractivity contribution in [1.29, 1.82) is 0 Å². The van der Waals surface area contributed by atoms with Crippen LogP contribution in [0, 0.1) is 5.92 Å². The highest BCUT2D eigenvalue weighted by atomic mass is 16.4. The highest BCUT2D eigenvalue weighted by Gasteiger charge is 2.24. The van der Waals surface area contributed by atoms with Crippen LogP contribution in [0.4, 0.5) is 0 Å². The highest BCUT2D eigenvalue weighted by Crippen LogP contribution is 2.09. The summed E-state index contributed by atoms with van der Waals surface area (Å²) in [5.74, 6) is -3.33. The van der Waals surface area contributed by atoms with Crippen LogP contribution < -0.4 is 11.1 Å². The fraction of sp³-hybridized carbons (Fsp3) is 0.364. The molecule has 1 atom stereocenters. The maximum atomic E-state index is 11.7. The van der Waals surface area contributed by atoms with E-state index >= 15 is 0 Å². The van der Waals surface area contributed by atoms with Crippen LogP contribution in [0.1, 0.15) is 35.0 Å². The molecule has 0 aliphatic rings. The molecule has 0 saturated carbocycles. The van der Waals surface area contributed by atoms with Gasteiger partial charge in [0.25, 0.3) is 5.91 Å². The Morgan fingerprint density at radius 1 is 1.28 bits per heavy atom. The molecule has 0 unspecified atom stereocenters. The van der Waals surface area contributed by atoms with Gasteiger partial charge in [0.15, 0.2) is 5.76 Å². The number of nitrogens with two attached hydrogens (primary N) is 1. The van der Waals surface area contributed by atoms with E-state index in [1.807, 2.05) is 0 Å². The largest absolute Gasteiger partial charge is 0.475 e. The third-order valence-electron chi connectivity index (χ3n) is 2.30. The van der Waals surface area contributed by atoms with Crippen molar-refractivity contribution in [3.63, 3.8) is 0 Å². The second-order valence-corrected chi connectivity index (χ2v) is 4.07. The SMILES string of the molecule is CC(C)[C@H](NC(=O)c1ccc(C(=O)O)o1)C(N)=O. The number of carboxylic acid groups (broad SMARTS) is 1. The monoisotopic (exact) mass is 254 g/mol. The van der Waals surface area contributed by atoms with Crippen molar-refractivity contribution in [1.82, 2.24) is 5.32 Å². The molecule has 18 heavy (non-hydrogen) atoms. The number of primary amides is 1. The average Bonchev–Trinajstić information content (AvgIpc) is 2.73. The molecule has 1 heterocycles. The summed E-state index contributed by atoms with van der Waals surface area (Å²) in [7, 11) is 0. The van der Waals surface area contributed by atoms with Gasteiger partial charge in [0.05, 0.1) is 0 Å². The molecule has 98 valence electrons. The van der Waals surface area contributed by atoms with Gasteiger partial charge < -0.3 is 20.6 Å². The Balaban J connectivity index is 2.80. The molecule has 0 fully saturated rings. The number of amides is 2. The van der Waals surface area contributed by atoms with Crippen molar-refractivity contribution in [2.45, 2.75) is 19.9 Å². The molecule has 0 aliphatic heterocycles. The lowest BCUT2D eigenvalue weighted by molar-refractivity contribution is -0.120. The van der Waals surface area contributed by atoms with Gasteiger partial charge in [-0.25, -0.2) is 4.79 Å². The van der Waals surface area contributed by atoms with Gasteiger partial charge in [-0.1, -0.05) is 13.8 Å². The molecular formula is C11H14N2O5. The third kappa shape index (κ3) is 3.09. The molecule has 0 spiro atoms. The van der Waals surface area contributed by atoms with E-state index in [1.165, 1.54) is 6.07 Å². The normalized spacial score (nSPS) is 12.2. The number of furan rings is 1. The molecule has 0 aliphatic carbocycles. The Kier molecular flexibility index (Phi) is 4.09. The van der Waals surface area contributed by atoms with Crippen molar-refractivity contribution in [2.75, 3.05) is 0 Å². The minimum Gasteiger partial charge on any atom is -0.475 e. The van der Waals surface area contributed by atoms with Gasteiger partial charge in [0.2, 0.25) is 11.7 Å². The number of hydrogen-bond acceptors (Lipinski definition) is 4. The van der Waals surface area contributed by atoms with Crippen molar-refractivity contribution in [2.24, 2.45) is 11.7 Å². The minimum atomic E-state index is -1.27. The summed E-state index contributed by atoms with van der Waals surface area (Å²) in [4.78, 5) is 33.4. The first-order chi connectivity index (χ1) is 8.32. The van der Waals surface area contributed by atoms with Crippen LogP contribution in [0.15, 0.2) is 16.5 Å². The van der Waals surface area contributed by atoms with Gasteiger partial charge in [-0.05, 0) is 18.1 Å². The fourth-order valence-corrected chi connectivity index (χ4v) is 1.35. The summed E-state index contributed by atoms with van der Waals surface area (Å²) in [6.07, 6.45) is 0. The number of nitrogens with one attached hydrogen (secondary N) is 1. The zero-order valence-corrected chi connectivity index (χ0v) is 9.97. The summed E-state index contributed by atoms with van der Waals surface area (Å²) >= 11 is 0. The predicted molar refractivity (Wildman–Crippen MR) is 61.0 cm³/mol. The molecule has 4 N–H and O–H groups in total. The quantitative estimate of drug-likeness (QED) is 0.693. The summed E-state index contributed by atoms with van der Waals surface area (Å²) in [6, 6.07) is 1.54. The molecule has 7 nitrogen and oxygen atoms in total. The number of aromatic carboxylic acids is 1. The molecule has 7 heteroatoms. The molecule has 0 saturated heterocycles. The van der Waals surface area contributed by atoms with Gasteiger partial charge in [0.1, 0.15) is 6.04 Å². The summed E-state index contributed by atoms with van der Waals surface area (Å²) in [5, 5.41) is 11.0. The lowest BCUT2D eigenvalue weighted by atomic mass is 10.0. The topological polar surface area (TPSA) is 123 Å². The van der Waals surface area contributed by atoms with E-state index in [2.05, 4.69) is 5.32 Å². The Labute approximate surface area is 103 Å². The molecule has 1 aromatic heterocycles. The summed E-state index contributed by atoms with van der Waals surface area (Å²) in [5.41, 5.74) is 5.14. The van der Waals surface area contributed by atoms with Gasteiger partial charge >= 0.3 is 5.97 Å². The molecule has 0 aromatic carbocycles. The van der Waals surface area contributed by atoms with E-state index in [9.17, 15) is 14.4 Å². The van der Waals surface area contributed by atoms with E-state index < -0.39 is 23.8 Å². The Bertz CT molecular complexity index is 478. The van der Waals surface area contributed by atoms with Crippen molar-refractivity contribution >= 4 is 17.8 Å². The Morgan fingerprint density at radius 2 is 1.83 bits per heavy atom. The van der Waals surface area contributed by atoms with Crippen molar-refractivity contribution in [3.05, 3.63) is 23.7 Å². The Hall–Kier alpha value is -2.31. The minimum absolute atomic E-state index is 0.180. The van der Waals surface area contributed by atoms with Gasteiger partial charge in [0, 0.05) is 0 Å². The van der Waals surface area contributed by atoms with E-state index in [4.69, 9.17) is 15.3 Å². The molecule has 2 amide bonds. The van der Waals surface area contributed by atoms with E-state index in [0.29, 0.717) is 0 Å². The maximum Gasteiger partial charge on any atom is 0.371 e. The predicted octanol–water partition coefficient (Wildman–Crippen LogP) is 0.217. The second-order valence-electron chi connectivity index (χ2n) is 4.07. The molecule has 1 aromatic rings. The van der Waals surface area contributed by atoms with Crippen LogP contribution in [-0.4, -0.2) is 28.9 Å². The number of hydrogen-bond donors (Lipinski definition) is 3. The molecule has 1 rings (SSSR count). The van der Waals surface area contributed by atoms with Crippen LogP contribution in [0.5, 0.6) is 0 Å². The van der Waals surface area contributed by atoms with E-state index in [0.717, 1.165) is 6.07 Å². The first-order valence-electron chi connectivity index (χ1n) is 5.26. The van der Waals surface area contributed by atoms with Crippen molar-refractivity contribution < 1.29 is 23.9 Å². The number of carbonyl (C=O) groups excluding carboxylic acids is 2. The Morgan fingerprint density at radius 3 is 2.22 bits per heavy atom. The lowest BCUT2D eigenvalue weighted by Crippen LogP contribution is -2.47. The number of carboxylic acids is 1. The van der Waals surface area contributed by atoms with Crippen LogP contribution in [-0.2, 0) is 4.79 Å². The first kappa shape index (κ1) is 13.8. The zero-order chi connectivity index (χ0) is 13.9. The van der Waals surface area contributed by atoms with Crippen LogP contribution >= 0.6 is 0 Å². The molecule has 0 bridgehead atoms. The average molecular weight is 254 g/mol. The molecular weight excluding hydrogens is 240 g/mol. The van der Waals surface area contributed by atoms with Gasteiger partial charge in [-0.2, -0.15) is 0 Å². The third-order valence-corrected chi connectivity index (χ3v) is 2.30. The number of rotatable bonds is 5. The standard InChI is InChI=1S/C11H14N2O5/c1-5(2)8(9(12)14)13-10(15)6-3-4-7(18-6)11(16)17/h3-5,8H,1-2H3,(H2,12,14)(H,13,15)(H,16,17)/t8-/m0/s1. The summed E-state index contributed by atoms with van der Waals surface area (Å²) < 4.78 is 4.80. The van der Waals surface area contributed by atoms with Crippen molar-refractivity contribution in [3.8, 4) is 0 Å². The van der Waals surface area contributed by atoms with Crippen LogP contribution in [0.3, 0.4) is 0 Å². The van der Waals surface area contributed by atoms with E-state index in [1.54, 1.807) is 13.8 Å². The molecule has 0 radical (unpaired) electrons. The maximum absolute atomic E-state index is 11.7. The fourth-order valence-electron chi connectivity index (χ4n) is 1.35. The van der Waals surface area contributed by atoms with Crippen LogP contribution in [0.2, 0.25) is 0 Å². The number of carbonyl (C=O) groups is 3. The highest BCUT2D eigenvalue weighted by molar-refractivity contribution is 5.96. The van der Waals surface area contributed by atoms with E-state index in [-0.39, 0.29) is 17.4 Å². The lowest BCUT2D eigenvalue weighted by Gasteiger charge is -2.17. The van der Waals surface area contributed by atoms with Gasteiger partial charge in [-0.3, -0.25) is 9.59 Å². The van der Waals surface area contributed by atoms with Crippen LogP contribution in [0.25, 0.3) is 0 Å². The zero-order valence-electron chi connectivity index (χ0n) is 9.97. The second kappa shape index (κ2) is 5.35. The summed E-state index contributed by atoms with van der Waals surface area (Å²) in [6.45, 7) is 3.45.